The highest BCUT2D eigenvalue weighted by atomic mass is 19.3. The molecule has 0 spiro atoms. The van der Waals surface area contributed by atoms with Gasteiger partial charge in [0.05, 0.1) is 0 Å². The second kappa shape index (κ2) is 4.99. The summed E-state index contributed by atoms with van der Waals surface area (Å²) in [5.41, 5.74) is 6.85. The second-order valence-electron chi connectivity index (χ2n) is 5.71. The molecule has 1 aromatic carbocycles. The molecule has 2 atom stereocenters. The minimum Gasteiger partial charge on any atom is -0.399 e. The van der Waals surface area contributed by atoms with E-state index < -0.39 is 6.43 Å². The van der Waals surface area contributed by atoms with Gasteiger partial charge in [-0.3, -0.25) is 0 Å². The average Bonchev–Trinajstić information content (AvgIpc) is 2.86. The number of nitrogen functional groups attached to an aromatic ring is 1. The molecule has 1 heterocycles. The molecule has 2 fully saturated rings. The van der Waals surface area contributed by atoms with E-state index in [1.54, 1.807) is 12.1 Å². The molecule has 2 N–H and O–H groups in total. The van der Waals surface area contributed by atoms with E-state index in [2.05, 4.69) is 4.90 Å². The van der Waals surface area contributed by atoms with E-state index in [-0.39, 0.29) is 5.56 Å². The Morgan fingerprint density at radius 1 is 1.16 bits per heavy atom. The largest absolute Gasteiger partial charge is 0.399 e. The minimum absolute atomic E-state index is 0.0903. The van der Waals surface area contributed by atoms with Gasteiger partial charge in [-0.1, -0.05) is 6.42 Å². The van der Waals surface area contributed by atoms with Gasteiger partial charge in [0.15, 0.2) is 0 Å². The summed E-state index contributed by atoms with van der Waals surface area (Å²) in [6, 6.07) is 5.39. The Bertz CT molecular complexity index is 461. The highest BCUT2D eigenvalue weighted by Crippen LogP contribution is 2.42. The summed E-state index contributed by atoms with van der Waals surface area (Å²) in [4.78, 5) is 2.21. The van der Waals surface area contributed by atoms with Gasteiger partial charge in [-0.25, -0.2) is 8.78 Å². The molecule has 1 aliphatic carbocycles. The first-order valence-corrected chi connectivity index (χ1v) is 7.11. The van der Waals surface area contributed by atoms with Crippen LogP contribution in [0.3, 0.4) is 0 Å². The fourth-order valence-corrected chi connectivity index (χ4v) is 3.76. The third-order valence-electron chi connectivity index (χ3n) is 4.59. The van der Waals surface area contributed by atoms with Crippen molar-refractivity contribution in [3.63, 3.8) is 0 Å². The van der Waals surface area contributed by atoms with Gasteiger partial charge in [-0.05, 0) is 49.8 Å². The molecular formula is C15H20F2N2. The Morgan fingerprint density at radius 3 is 2.74 bits per heavy atom. The highest BCUT2D eigenvalue weighted by Gasteiger charge is 2.36. The number of hydrogen-bond donors (Lipinski definition) is 1. The molecule has 2 aliphatic rings. The predicted octanol–water partition coefficient (Wildman–Crippen LogP) is 3.98. The maximum atomic E-state index is 13.2. The zero-order valence-corrected chi connectivity index (χ0v) is 11.0. The number of piperidine rings is 1. The average molecular weight is 266 g/mol. The van der Waals surface area contributed by atoms with Crippen molar-refractivity contribution >= 4 is 11.4 Å². The fraction of sp³-hybridized carbons (Fsp3) is 0.600. The number of nitrogens with two attached hydrogens (primary N) is 1. The van der Waals surface area contributed by atoms with E-state index in [0.29, 0.717) is 23.3 Å². The summed E-state index contributed by atoms with van der Waals surface area (Å²) in [5.74, 6) is 0.692. The molecule has 19 heavy (non-hydrogen) atoms. The van der Waals surface area contributed by atoms with Crippen molar-refractivity contribution in [3.8, 4) is 0 Å². The molecule has 0 radical (unpaired) electrons. The monoisotopic (exact) mass is 266 g/mol. The van der Waals surface area contributed by atoms with Crippen LogP contribution in [-0.4, -0.2) is 12.6 Å². The van der Waals surface area contributed by atoms with Crippen LogP contribution in [0.5, 0.6) is 0 Å². The van der Waals surface area contributed by atoms with Crippen LogP contribution in [-0.2, 0) is 0 Å². The van der Waals surface area contributed by atoms with E-state index in [1.165, 1.54) is 25.3 Å². The van der Waals surface area contributed by atoms with Crippen molar-refractivity contribution in [2.24, 2.45) is 5.92 Å². The van der Waals surface area contributed by atoms with Crippen molar-refractivity contribution in [2.45, 2.75) is 44.6 Å². The first-order valence-electron chi connectivity index (χ1n) is 7.11. The minimum atomic E-state index is -2.46. The molecular weight excluding hydrogens is 246 g/mol. The van der Waals surface area contributed by atoms with Gasteiger partial charge in [-0.2, -0.15) is 0 Å². The molecule has 0 bridgehead atoms. The number of alkyl halides is 2. The number of benzene rings is 1. The zero-order chi connectivity index (χ0) is 13.4. The Morgan fingerprint density at radius 2 is 1.95 bits per heavy atom. The third kappa shape index (κ3) is 2.28. The lowest BCUT2D eigenvalue weighted by molar-refractivity contribution is 0.151. The normalized spacial score (nSPS) is 26.8. The van der Waals surface area contributed by atoms with Crippen LogP contribution < -0.4 is 10.6 Å². The number of fused-ring (bicyclic) bond motifs is 1. The summed E-state index contributed by atoms with van der Waals surface area (Å²) in [6.07, 6.45) is 3.51. The fourth-order valence-electron chi connectivity index (χ4n) is 3.76. The topological polar surface area (TPSA) is 29.3 Å². The predicted molar refractivity (Wildman–Crippen MR) is 73.5 cm³/mol. The summed E-state index contributed by atoms with van der Waals surface area (Å²) >= 11 is 0. The molecule has 3 rings (SSSR count). The number of nitrogens with zero attached hydrogens (tertiary/aromatic N) is 1. The lowest BCUT2D eigenvalue weighted by Gasteiger charge is -2.40. The SMILES string of the molecule is Nc1ccc(N2CCCC3CCCC32)c(C(F)F)c1. The van der Waals surface area contributed by atoms with E-state index >= 15 is 0 Å². The number of hydrogen-bond acceptors (Lipinski definition) is 2. The number of rotatable bonds is 2. The van der Waals surface area contributed by atoms with Crippen LogP contribution in [0.4, 0.5) is 20.2 Å². The number of halogens is 2. The summed E-state index contributed by atoms with van der Waals surface area (Å²) in [7, 11) is 0. The van der Waals surface area contributed by atoms with Crippen LogP contribution in [0.15, 0.2) is 18.2 Å². The lowest BCUT2D eigenvalue weighted by atomic mass is 9.91. The number of anilines is 2. The van der Waals surface area contributed by atoms with Crippen LogP contribution >= 0.6 is 0 Å². The molecule has 2 unspecified atom stereocenters. The van der Waals surface area contributed by atoms with Crippen molar-refractivity contribution in [1.29, 1.82) is 0 Å². The van der Waals surface area contributed by atoms with Crippen molar-refractivity contribution in [1.82, 2.24) is 0 Å². The van der Waals surface area contributed by atoms with Gasteiger partial charge in [0.25, 0.3) is 6.43 Å². The molecule has 1 saturated heterocycles. The Kier molecular flexibility index (Phi) is 3.33. The summed E-state index contributed by atoms with van der Waals surface area (Å²) in [6.45, 7) is 0.894. The highest BCUT2D eigenvalue weighted by molar-refractivity contribution is 5.61. The standard InChI is InChI=1S/C15H20F2N2/c16-15(17)12-9-11(18)6-7-14(12)19-8-2-4-10-3-1-5-13(10)19/h6-7,9-10,13,15H,1-5,8,18H2. The molecule has 1 saturated carbocycles. The van der Waals surface area contributed by atoms with Gasteiger partial charge in [0.1, 0.15) is 0 Å². The van der Waals surface area contributed by atoms with Crippen LogP contribution in [0.2, 0.25) is 0 Å². The Labute approximate surface area is 112 Å². The molecule has 104 valence electrons. The van der Waals surface area contributed by atoms with Crippen molar-refractivity contribution < 1.29 is 8.78 Å². The molecule has 0 aromatic heterocycles. The lowest BCUT2D eigenvalue weighted by Crippen LogP contribution is -2.43. The zero-order valence-electron chi connectivity index (χ0n) is 11.0. The van der Waals surface area contributed by atoms with Crippen LogP contribution in [0.25, 0.3) is 0 Å². The molecule has 1 aromatic rings. The van der Waals surface area contributed by atoms with E-state index in [0.717, 1.165) is 19.4 Å². The summed E-state index contributed by atoms with van der Waals surface area (Å²) < 4.78 is 26.4. The van der Waals surface area contributed by atoms with Crippen molar-refractivity contribution in [2.75, 3.05) is 17.2 Å². The molecule has 4 heteroatoms. The van der Waals surface area contributed by atoms with Gasteiger partial charge in [-0.15, -0.1) is 0 Å². The third-order valence-corrected chi connectivity index (χ3v) is 4.59. The maximum Gasteiger partial charge on any atom is 0.265 e. The van der Waals surface area contributed by atoms with Gasteiger partial charge in [0.2, 0.25) is 0 Å². The van der Waals surface area contributed by atoms with E-state index in [9.17, 15) is 8.78 Å². The Hall–Kier alpha value is -1.32. The van der Waals surface area contributed by atoms with Crippen molar-refractivity contribution in [3.05, 3.63) is 23.8 Å². The van der Waals surface area contributed by atoms with E-state index in [1.807, 2.05) is 0 Å². The molecule has 1 aliphatic heterocycles. The van der Waals surface area contributed by atoms with Crippen LogP contribution in [0, 0.1) is 5.92 Å². The van der Waals surface area contributed by atoms with Gasteiger partial charge < -0.3 is 10.6 Å². The summed E-state index contributed by atoms with van der Waals surface area (Å²) in [5, 5.41) is 0. The second-order valence-corrected chi connectivity index (χ2v) is 5.71. The molecule has 2 nitrogen and oxygen atoms in total. The van der Waals surface area contributed by atoms with Gasteiger partial charge >= 0.3 is 0 Å². The Balaban J connectivity index is 1.96. The quantitative estimate of drug-likeness (QED) is 0.820. The first-order chi connectivity index (χ1) is 9.16. The van der Waals surface area contributed by atoms with Crippen LogP contribution in [0.1, 0.15) is 44.1 Å². The maximum absolute atomic E-state index is 13.2. The van der Waals surface area contributed by atoms with Gasteiger partial charge in [0, 0.05) is 29.5 Å². The van der Waals surface area contributed by atoms with E-state index in [4.69, 9.17) is 5.73 Å². The first kappa shape index (κ1) is 12.7. The molecule has 0 amide bonds. The smallest absolute Gasteiger partial charge is 0.265 e.